The number of halogens is 3. The number of rotatable bonds is 6. The van der Waals surface area contributed by atoms with E-state index in [1.807, 2.05) is 0 Å². The van der Waals surface area contributed by atoms with Gasteiger partial charge in [-0.3, -0.25) is 0 Å². The van der Waals surface area contributed by atoms with Gasteiger partial charge in [-0.25, -0.2) is 9.59 Å². The fourth-order valence-electron chi connectivity index (χ4n) is 1.67. The van der Waals surface area contributed by atoms with Crippen molar-refractivity contribution >= 4 is 22.1 Å². The molecular formula is C16H19F3O7S. The van der Waals surface area contributed by atoms with Gasteiger partial charge < -0.3 is 13.7 Å². The second-order valence-electron chi connectivity index (χ2n) is 6.33. The monoisotopic (exact) mass is 412 g/mol. The van der Waals surface area contributed by atoms with Crippen LogP contribution in [0.15, 0.2) is 18.2 Å². The quantitative estimate of drug-likeness (QED) is 0.401. The molecule has 0 bridgehead atoms. The summed E-state index contributed by atoms with van der Waals surface area (Å²) in [5.74, 6) is -2.93. The number of alkyl halides is 3. The molecule has 0 unspecified atom stereocenters. The van der Waals surface area contributed by atoms with Gasteiger partial charge in [0, 0.05) is 0 Å². The fourth-order valence-corrected chi connectivity index (χ4v) is 2.14. The topological polar surface area (TPSA) is 96.0 Å². The zero-order valence-corrected chi connectivity index (χ0v) is 15.9. The average Bonchev–Trinajstić information content (AvgIpc) is 2.49. The minimum Gasteiger partial charge on any atom is -0.462 e. The van der Waals surface area contributed by atoms with E-state index in [1.54, 1.807) is 6.92 Å². The molecule has 27 heavy (non-hydrogen) atoms. The Kier molecular flexibility index (Phi) is 6.87. The SMILES string of the molecule is CCCOC(=O)c1ccc(OS(=O)(=O)C(F)(F)F)c(C(=O)OC(C)(C)C)c1. The second-order valence-corrected chi connectivity index (χ2v) is 7.87. The zero-order valence-electron chi connectivity index (χ0n) is 15.0. The van der Waals surface area contributed by atoms with Crippen molar-refractivity contribution in [2.45, 2.75) is 45.2 Å². The molecule has 0 saturated heterocycles. The van der Waals surface area contributed by atoms with E-state index >= 15 is 0 Å². The summed E-state index contributed by atoms with van der Waals surface area (Å²) in [5, 5.41) is 0. The molecule has 0 radical (unpaired) electrons. The smallest absolute Gasteiger partial charge is 0.462 e. The van der Waals surface area contributed by atoms with Crippen LogP contribution < -0.4 is 4.18 Å². The van der Waals surface area contributed by atoms with Gasteiger partial charge in [-0.2, -0.15) is 21.6 Å². The summed E-state index contributed by atoms with van der Waals surface area (Å²) in [4.78, 5) is 24.2. The van der Waals surface area contributed by atoms with Crippen molar-refractivity contribution in [1.29, 1.82) is 0 Å². The van der Waals surface area contributed by atoms with Crippen molar-refractivity contribution in [2.75, 3.05) is 6.61 Å². The maximum absolute atomic E-state index is 12.6. The Morgan fingerprint density at radius 3 is 2.15 bits per heavy atom. The van der Waals surface area contributed by atoms with Crippen molar-refractivity contribution in [3.05, 3.63) is 29.3 Å². The van der Waals surface area contributed by atoms with E-state index in [9.17, 15) is 31.2 Å². The molecule has 0 spiro atoms. The van der Waals surface area contributed by atoms with Gasteiger partial charge in [-0.05, 0) is 45.4 Å². The first-order chi connectivity index (χ1) is 12.2. The first-order valence-electron chi connectivity index (χ1n) is 7.73. The van der Waals surface area contributed by atoms with Crippen LogP contribution in [0, 0.1) is 0 Å². The number of benzene rings is 1. The first-order valence-corrected chi connectivity index (χ1v) is 9.14. The lowest BCUT2D eigenvalue weighted by atomic mass is 10.1. The average molecular weight is 412 g/mol. The maximum atomic E-state index is 12.6. The number of carbonyl (C=O) groups is 2. The van der Waals surface area contributed by atoms with Crippen LogP contribution in [-0.2, 0) is 19.6 Å². The number of hydrogen-bond acceptors (Lipinski definition) is 7. The normalized spacial score (nSPS) is 12.4. The molecule has 7 nitrogen and oxygen atoms in total. The lowest BCUT2D eigenvalue weighted by molar-refractivity contribution is -0.0501. The summed E-state index contributed by atoms with van der Waals surface area (Å²) in [6.45, 7) is 6.32. The predicted octanol–water partition coefficient (Wildman–Crippen LogP) is 3.44. The second kappa shape index (κ2) is 8.15. The Labute approximate surface area is 154 Å². The Hall–Kier alpha value is -2.30. The highest BCUT2D eigenvalue weighted by Crippen LogP contribution is 2.30. The summed E-state index contributed by atoms with van der Waals surface area (Å²) >= 11 is 0. The molecule has 0 N–H and O–H groups in total. The highest BCUT2D eigenvalue weighted by molar-refractivity contribution is 7.88. The third kappa shape index (κ3) is 6.42. The zero-order chi connectivity index (χ0) is 21.0. The summed E-state index contributed by atoms with van der Waals surface area (Å²) in [6.07, 6.45) is 0.523. The van der Waals surface area contributed by atoms with Crippen LogP contribution in [0.4, 0.5) is 13.2 Å². The minimum absolute atomic E-state index is 0.0846. The van der Waals surface area contributed by atoms with Crippen molar-refractivity contribution in [1.82, 2.24) is 0 Å². The summed E-state index contributed by atoms with van der Waals surface area (Å²) in [6, 6.07) is 2.59. The van der Waals surface area contributed by atoms with Gasteiger partial charge in [0.15, 0.2) is 5.75 Å². The van der Waals surface area contributed by atoms with E-state index in [-0.39, 0.29) is 12.2 Å². The molecule has 1 aromatic carbocycles. The molecule has 1 aromatic rings. The van der Waals surface area contributed by atoms with Gasteiger partial charge in [-0.1, -0.05) is 6.92 Å². The summed E-state index contributed by atoms with van der Waals surface area (Å²) in [7, 11) is -6.02. The summed E-state index contributed by atoms with van der Waals surface area (Å²) < 4.78 is 74.2. The van der Waals surface area contributed by atoms with Crippen LogP contribution in [0.2, 0.25) is 0 Å². The predicted molar refractivity (Wildman–Crippen MR) is 87.8 cm³/mol. The van der Waals surface area contributed by atoms with Gasteiger partial charge in [0.05, 0.1) is 12.2 Å². The molecule has 0 aliphatic rings. The molecule has 1 rings (SSSR count). The van der Waals surface area contributed by atoms with E-state index < -0.39 is 44.5 Å². The van der Waals surface area contributed by atoms with Crippen LogP contribution in [0.5, 0.6) is 5.75 Å². The Bertz CT molecular complexity index is 808. The molecule has 0 heterocycles. The highest BCUT2D eigenvalue weighted by Gasteiger charge is 2.49. The molecule has 0 aliphatic carbocycles. The molecule has 0 saturated carbocycles. The first kappa shape index (κ1) is 22.7. The Morgan fingerprint density at radius 2 is 1.67 bits per heavy atom. The number of esters is 2. The van der Waals surface area contributed by atoms with Gasteiger partial charge in [-0.15, -0.1) is 0 Å². The van der Waals surface area contributed by atoms with Crippen molar-refractivity contribution in [2.24, 2.45) is 0 Å². The van der Waals surface area contributed by atoms with E-state index in [0.29, 0.717) is 6.42 Å². The van der Waals surface area contributed by atoms with E-state index in [0.717, 1.165) is 18.2 Å². The summed E-state index contributed by atoms with van der Waals surface area (Å²) in [5.41, 5.74) is -7.57. The number of carbonyl (C=O) groups excluding carboxylic acids is 2. The number of ether oxygens (including phenoxy) is 2. The third-order valence-corrected chi connectivity index (χ3v) is 3.72. The molecule has 0 amide bonds. The largest absolute Gasteiger partial charge is 0.534 e. The number of hydrogen-bond donors (Lipinski definition) is 0. The molecule has 11 heteroatoms. The van der Waals surface area contributed by atoms with Crippen molar-refractivity contribution in [3.63, 3.8) is 0 Å². The molecule has 0 aromatic heterocycles. The van der Waals surface area contributed by atoms with Crippen LogP contribution in [-0.4, -0.2) is 38.1 Å². The molecular weight excluding hydrogens is 393 g/mol. The van der Waals surface area contributed by atoms with E-state index in [1.165, 1.54) is 20.8 Å². The van der Waals surface area contributed by atoms with Gasteiger partial charge >= 0.3 is 27.6 Å². The Balaban J connectivity index is 3.37. The van der Waals surface area contributed by atoms with Gasteiger partial charge in [0.25, 0.3) is 0 Å². The maximum Gasteiger partial charge on any atom is 0.534 e. The molecule has 0 aliphatic heterocycles. The molecule has 0 fully saturated rings. The van der Waals surface area contributed by atoms with Crippen LogP contribution in [0.1, 0.15) is 54.8 Å². The lowest BCUT2D eigenvalue weighted by Crippen LogP contribution is -2.29. The molecule has 0 atom stereocenters. The lowest BCUT2D eigenvalue weighted by Gasteiger charge is -2.21. The minimum atomic E-state index is -6.02. The fraction of sp³-hybridized carbons (Fsp3) is 0.500. The Morgan fingerprint density at radius 1 is 1.07 bits per heavy atom. The van der Waals surface area contributed by atoms with Crippen LogP contribution >= 0.6 is 0 Å². The van der Waals surface area contributed by atoms with E-state index in [4.69, 9.17) is 9.47 Å². The standard InChI is InChI=1S/C16H19F3O7S/c1-5-8-24-13(20)10-6-7-12(26-27(22,23)16(17,18)19)11(9-10)14(21)25-15(2,3)4/h6-7,9H,5,8H2,1-4H3. The van der Waals surface area contributed by atoms with Crippen LogP contribution in [0.3, 0.4) is 0 Å². The van der Waals surface area contributed by atoms with E-state index in [2.05, 4.69) is 4.18 Å². The van der Waals surface area contributed by atoms with Crippen molar-refractivity contribution < 1.29 is 44.8 Å². The molecule has 152 valence electrons. The van der Waals surface area contributed by atoms with Crippen molar-refractivity contribution in [3.8, 4) is 5.75 Å². The van der Waals surface area contributed by atoms with Gasteiger partial charge in [0.1, 0.15) is 11.2 Å². The third-order valence-electron chi connectivity index (χ3n) is 2.75. The van der Waals surface area contributed by atoms with Gasteiger partial charge in [0.2, 0.25) is 0 Å². The highest BCUT2D eigenvalue weighted by atomic mass is 32.2. The van der Waals surface area contributed by atoms with Crippen LogP contribution in [0.25, 0.3) is 0 Å².